The van der Waals surface area contributed by atoms with Crippen LogP contribution >= 0.6 is 11.3 Å². The fraction of sp³-hybridized carbons (Fsp3) is 0.261. The van der Waals surface area contributed by atoms with Gasteiger partial charge in [0.15, 0.2) is 0 Å². The molecule has 0 amide bonds. The Bertz CT molecular complexity index is 1470. The number of aromatic nitrogens is 3. The van der Waals surface area contributed by atoms with Crippen LogP contribution in [0.5, 0.6) is 11.5 Å². The number of anilines is 1. The number of hydrogen-bond donors (Lipinski definition) is 1. The van der Waals surface area contributed by atoms with Gasteiger partial charge in [0.05, 0.1) is 4.90 Å². The largest absolute Gasteiger partial charge is 0.573 e. The van der Waals surface area contributed by atoms with Crippen LogP contribution in [0, 0.1) is 6.92 Å². The molecule has 2 heterocycles. The van der Waals surface area contributed by atoms with Gasteiger partial charge in [-0.25, -0.2) is 13.4 Å². The van der Waals surface area contributed by atoms with Crippen molar-refractivity contribution in [3.05, 3.63) is 65.0 Å². The van der Waals surface area contributed by atoms with E-state index in [0.717, 1.165) is 17.1 Å². The number of nitrogens with one attached hydrogen (secondary N) is 1. The summed E-state index contributed by atoms with van der Waals surface area (Å²) in [5, 5.41) is 8.74. The summed E-state index contributed by atoms with van der Waals surface area (Å²) in [4.78, 5) is 4.37. The van der Waals surface area contributed by atoms with Crippen molar-refractivity contribution >= 4 is 26.5 Å². The smallest absolute Gasteiger partial charge is 0.487 e. The van der Waals surface area contributed by atoms with E-state index in [-0.39, 0.29) is 34.2 Å². The topological polar surface area (TPSA) is 116 Å². The molecule has 9 nitrogen and oxygen atoms in total. The van der Waals surface area contributed by atoms with Gasteiger partial charge >= 0.3 is 6.36 Å². The molecule has 14 heteroatoms. The quantitative estimate of drug-likeness (QED) is 0.272. The first kappa shape index (κ1) is 26.4. The molecule has 4 aromatic rings. The zero-order valence-corrected chi connectivity index (χ0v) is 21.4. The van der Waals surface area contributed by atoms with Gasteiger partial charge in [-0.3, -0.25) is 4.72 Å². The summed E-state index contributed by atoms with van der Waals surface area (Å²) in [6.07, 6.45) is -4.78. The number of aryl methyl sites for hydroxylation is 1. The molecular formula is C23H21F3N4O5S2. The lowest BCUT2D eigenvalue weighted by molar-refractivity contribution is -0.274. The van der Waals surface area contributed by atoms with Gasteiger partial charge in [-0.1, -0.05) is 25.2 Å². The minimum absolute atomic E-state index is 0.0255. The van der Waals surface area contributed by atoms with Gasteiger partial charge < -0.3 is 13.9 Å². The average Bonchev–Trinajstić information content (AvgIpc) is 3.44. The van der Waals surface area contributed by atoms with Gasteiger partial charge in [-0.15, -0.1) is 23.4 Å². The molecule has 0 atom stereocenters. The number of alkyl halides is 3. The van der Waals surface area contributed by atoms with Crippen molar-refractivity contribution in [3.8, 4) is 23.0 Å². The Hall–Kier alpha value is -3.65. The third kappa shape index (κ3) is 6.77. The summed E-state index contributed by atoms with van der Waals surface area (Å²) in [5.74, 6) is 0.850. The first-order chi connectivity index (χ1) is 17.4. The molecule has 0 unspecified atom stereocenters. The third-order valence-electron chi connectivity index (χ3n) is 4.89. The van der Waals surface area contributed by atoms with Crippen LogP contribution in [-0.2, 0) is 16.6 Å². The Morgan fingerprint density at radius 1 is 1.03 bits per heavy atom. The van der Waals surface area contributed by atoms with Crippen LogP contribution in [-0.4, -0.2) is 30.0 Å². The molecule has 0 saturated heterocycles. The lowest BCUT2D eigenvalue weighted by Gasteiger charge is -2.08. The van der Waals surface area contributed by atoms with Gasteiger partial charge in [-0.2, -0.15) is 0 Å². The van der Waals surface area contributed by atoms with E-state index in [1.54, 1.807) is 6.92 Å². The summed E-state index contributed by atoms with van der Waals surface area (Å²) < 4.78 is 79.9. The fourth-order valence-electron chi connectivity index (χ4n) is 3.03. The Labute approximate surface area is 214 Å². The van der Waals surface area contributed by atoms with Gasteiger partial charge in [0.1, 0.15) is 34.6 Å². The molecule has 0 aliphatic carbocycles. The third-order valence-corrected chi connectivity index (χ3v) is 7.52. The average molecular weight is 555 g/mol. The van der Waals surface area contributed by atoms with Crippen LogP contribution in [0.1, 0.15) is 36.2 Å². The standard InChI is InChI=1S/C23H21F3N4O5S2/c1-13(2)21-28-29-22(36-21)30-37(31,32)18-10-8-16(9-11-18)33-12-19-14(3)34-20(27-19)15-4-6-17(7-5-15)35-23(24,25)26/h4-11,13H,12H2,1-3H3,(H,29,30). The van der Waals surface area contributed by atoms with E-state index >= 15 is 0 Å². The second-order valence-corrected chi connectivity index (χ2v) is 10.8. The first-order valence-corrected chi connectivity index (χ1v) is 13.1. The second kappa shape index (κ2) is 10.4. The second-order valence-electron chi connectivity index (χ2n) is 8.06. The molecule has 2 aromatic carbocycles. The van der Waals surface area contributed by atoms with Crippen molar-refractivity contribution in [2.45, 2.75) is 44.6 Å². The molecule has 0 fully saturated rings. The fourth-order valence-corrected chi connectivity index (χ4v) is 5.01. The van der Waals surface area contributed by atoms with E-state index in [9.17, 15) is 21.6 Å². The molecule has 0 aliphatic rings. The molecule has 1 N–H and O–H groups in total. The number of benzene rings is 2. The molecule has 0 saturated carbocycles. The van der Waals surface area contributed by atoms with E-state index in [1.165, 1.54) is 47.7 Å². The highest BCUT2D eigenvalue weighted by molar-refractivity contribution is 7.93. The van der Waals surface area contributed by atoms with Crippen molar-refractivity contribution in [1.82, 2.24) is 15.2 Å². The van der Waals surface area contributed by atoms with Crippen LogP contribution < -0.4 is 14.2 Å². The maximum Gasteiger partial charge on any atom is 0.573 e. The van der Waals surface area contributed by atoms with Gasteiger partial charge in [0.25, 0.3) is 10.0 Å². The molecule has 2 aromatic heterocycles. The van der Waals surface area contributed by atoms with Crippen molar-refractivity contribution in [2.75, 3.05) is 4.72 Å². The van der Waals surface area contributed by atoms with E-state index in [4.69, 9.17) is 9.15 Å². The highest BCUT2D eigenvalue weighted by Crippen LogP contribution is 2.28. The van der Waals surface area contributed by atoms with E-state index in [0.29, 0.717) is 22.8 Å². The summed E-state index contributed by atoms with van der Waals surface area (Å²) >= 11 is 1.17. The minimum Gasteiger partial charge on any atom is -0.487 e. The van der Waals surface area contributed by atoms with Crippen LogP contribution in [0.25, 0.3) is 11.5 Å². The lowest BCUT2D eigenvalue weighted by Crippen LogP contribution is -2.16. The summed E-state index contributed by atoms with van der Waals surface area (Å²) in [5.41, 5.74) is 0.933. The van der Waals surface area contributed by atoms with Crippen LogP contribution in [0.15, 0.2) is 57.8 Å². The predicted molar refractivity (Wildman–Crippen MR) is 129 cm³/mol. The SMILES string of the molecule is Cc1oc(-c2ccc(OC(F)(F)F)cc2)nc1COc1ccc(S(=O)(=O)Nc2nnc(C(C)C)s2)cc1. The molecule has 0 aliphatic heterocycles. The van der Waals surface area contributed by atoms with Crippen molar-refractivity contribution in [3.63, 3.8) is 0 Å². The van der Waals surface area contributed by atoms with Crippen molar-refractivity contribution in [1.29, 1.82) is 0 Å². The maximum absolute atomic E-state index is 12.6. The first-order valence-electron chi connectivity index (χ1n) is 10.8. The summed E-state index contributed by atoms with van der Waals surface area (Å²) in [7, 11) is -3.85. The van der Waals surface area contributed by atoms with Crippen LogP contribution in [0.4, 0.5) is 18.3 Å². The van der Waals surface area contributed by atoms with E-state index in [2.05, 4.69) is 24.6 Å². The number of nitrogens with zero attached hydrogens (tertiary/aromatic N) is 3. The monoisotopic (exact) mass is 554 g/mol. The predicted octanol–water partition coefficient (Wildman–Crippen LogP) is 5.90. The highest BCUT2D eigenvalue weighted by atomic mass is 32.2. The number of sulfonamides is 1. The van der Waals surface area contributed by atoms with Crippen molar-refractivity contribution in [2.24, 2.45) is 0 Å². The summed E-state index contributed by atoms with van der Waals surface area (Å²) in [6, 6.07) is 10.9. The lowest BCUT2D eigenvalue weighted by atomic mass is 10.2. The molecule has 0 spiro atoms. The zero-order valence-electron chi connectivity index (χ0n) is 19.7. The van der Waals surface area contributed by atoms with Crippen LogP contribution in [0.3, 0.4) is 0 Å². The van der Waals surface area contributed by atoms with Gasteiger partial charge in [0, 0.05) is 11.5 Å². The van der Waals surface area contributed by atoms with Crippen molar-refractivity contribution < 1.29 is 35.5 Å². The Morgan fingerprint density at radius 3 is 2.27 bits per heavy atom. The molecule has 196 valence electrons. The highest BCUT2D eigenvalue weighted by Gasteiger charge is 2.31. The molecule has 0 radical (unpaired) electrons. The number of hydrogen-bond acceptors (Lipinski definition) is 9. The number of halogens is 3. The Balaban J connectivity index is 1.38. The van der Waals surface area contributed by atoms with E-state index < -0.39 is 16.4 Å². The number of oxazole rings is 1. The maximum atomic E-state index is 12.6. The van der Waals surface area contributed by atoms with Gasteiger partial charge in [0.2, 0.25) is 11.0 Å². The molecular weight excluding hydrogens is 533 g/mol. The zero-order chi connectivity index (χ0) is 26.8. The number of ether oxygens (including phenoxy) is 2. The minimum atomic E-state index is -4.78. The normalized spacial score (nSPS) is 12.1. The Kier molecular flexibility index (Phi) is 7.41. The summed E-state index contributed by atoms with van der Waals surface area (Å²) in [6.45, 7) is 5.58. The number of rotatable bonds is 9. The molecule has 4 rings (SSSR count). The molecule has 0 bridgehead atoms. The van der Waals surface area contributed by atoms with Crippen LogP contribution in [0.2, 0.25) is 0 Å². The Morgan fingerprint density at radius 2 is 1.68 bits per heavy atom. The molecule has 37 heavy (non-hydrogen) atoms. The van der Waals surface area contributed by atoms with E-state index in [1.807, 2.05) is 13.8 Å². The van der Waals surface area contributed by atoms with Gasteiger partial charge in [-0.05, 0) is 55.5 Å².